The SMILES string of the molecule is COc1cc2oc(Nc3nc4cc(F)ccc4o3)nc2cc1CN(C)C. The predicted octanol–water partition coefficient (Wildman–Crippen LogP) is 3.92. The molecule has 0 aliphatic heterocycles. The van der Waals surface area contributed by atoms with Gasteiger partial charge >= 0.3 is 12.0 Å². The molecule has 0 spiro atoms. The quantitative estimate of drug-likeness (QED) is 0.581. The summed E-state index contributed by atoms with van der Waals surface area (Å²) in [5.41, 5.74) is 3.15. The minimum absolute atomic E-state index is 0.178. The van der Waals surface area contributed by atoms with Crippen molar-refractivity contribution >= 4 is 34.2 Å². The predicted molar refractivity (Wildman–Crippen MR) is 95.2 cm³/mol. The molecule has 2 aromatic heterocycles. The first kappa shape index (κ1) is 16.3. The maximum atomic E-state index is 13.3. The summed E-state index contributed by atoms with van der Waals surface area (Å²) in [6.45, 7) is 0.714. The molecule has 2 heterocycles. The number of oxazole rings is 2. The Bertz CT molecular complexity index is 1090. The van der Waals surface area contributed by atoms with Gasteiger partial charge in [0.05, 0.1) is 7.11 Å². The van der Waals surface area contributed by atoms with E-state index in [0.717, 1.165) is 11.3 Å². The number of nitrogens with one attached hydrogen (secondary N) is 1. The molecule has 26 heavy (non-hydrogen) atoms. The molecule has 0 fully saturated rings. The molecule has 0 unspecified atom stereocenters. The standard InChI is InChI=1S/C18H17FN4O3/c1-23(2)9-10-6-12-16(8-15(10)24-3)26-18(20-12)22-17-21-13-7-11(19)4-5-14(13)25-17/h4-8H,9H2,1-3H3,(H,20,21,22). The van der Waals surface area contributed by atoms with Gasteiger partial charge in [0.1, 0.15) is 22.6 Å². The molecule has 0 atom stereocenters. The van der Waals surface area contributed by atoms with Gasteiger partial charge in [0.25, 0.3) is 0 Å². The van der Waals surface area contributed by atoms with Gasteiger partial charge in [-0.3, -0.25) is 5.32 Å². The number of benzene rings is 2. The Morgan fingerprint density at radius 3 is 2.42 bits per heavy atom. The van der Waals surface area contributed by atoms with E-state index in [1.54, 1.807) is 13.2 Å². The Morgan fingerprint density at radius 1 is 1.04 bits per heavy atom. The molecule has 2 aromatic carbocycles. The van der Waals surface area contributed by atoms with E-state index in [2.05, 4.69) is 15.3 Å². The van der Waals surface area contributed by atoms with Crippen LogP contribution in [0.1, 0.15) is 5.56 Å². The van der Waals surface area contributed by atoms with Crippen LogP contribution in [0.15, 0.2) is 39.2 Å². The Kier molecular flexibility index (Phi) is 3.96. The van der Waals surface area contributed by atoms with Crippen molar-refractivity contribution in [2.24, 2.45) is 0 Å². The molecule has 0 amide bonds. The fraction of sp³-hybridized carbons (Fsp3) is 0.222. The summed E-state index contributed by atoms with van der Waals surface area (Å²) >= 11 is 0. The van der Waals surface area contributed by atoms with Crippen LogP contribution in [0.2, 0.25) is 0 Å². The largest absolute Gasteiger partial charge is 0.496 e. The van der Waals surface area contributed by atoms with E-state index in [0.29, 0.717) is 28.7 Å². The molecular weight excluding hydrogens is 339 g/mol. The minimum Gasteiger partial charge on any atom is -0.496 e. The van der Waals surface area contributed by atoms with Crippen LogP contribution in [0.4, 0.5) is 16.4 Å². The van der Waals surface area contributed by atoms with Crippen LogP contribution in [-0.2, 0) is 6.54 Å². The first-order chi connectivity index (χ1) is 12.5. The van der Waals surface area contributed by atoms with E-state index in [9.17, 15) is 4.39 Å². The molecule has 134 valence electrons. The molecule has 4 aromatic rings. The van der Waals surface area contributed by atoms with Crippen LogP contribution < -0.4 is 10.1 Å². The number of ether oxygens (including phenoxy) is 1. The van der Waals surface area contributed by atoms with Crippen molar-refractivity contribution < 1.29 is 18.0 Å². The van der Waals surface area contributed by atoms with Crippen molar-refractivity contribution in [1.29, 1.82) is 0 Å². The molecule has 0 saturated carbocycles. The Hall–Kier alpha value is -3.13. The molecular formula is C18H17FN4O3. The molecule has 0 aliphatic rings. The molecule has 8 heteroatoms. The van der Waals surface area contributed by atoms with E-state index >= 15 is 0 Å². The zero-order valence-electron chi connectivity index (χ0n) is 14.5. The number of hydrogen-bond acceptors (Lipinski definition) is 7. The average molecular weight is 356 g/mol. The molecule has 4 rings (SSSR count). The van der Waals surface area contributed by atoms with Gasteiger partial charge in [-0.25, -0.2) is 4.39 Å². The number of hydrogen-bond donors (Lipinski definition) is 1. The smallest absolute Gasteiger partial charge is 0.303 e. The van der Waals surface area contributed by atoms with E-state index < -0.39 is 0 Å². The van der Waals surface area contributed by atoms with Gasteiger partial charge in [-0.1, -0.05) is 0 Å². The number of methoxy groups -OCH3 is 1. The van der Waals surface area contributed by atoms with Crippen LogP contribution >= 0.6 is 0 Å². The lowest BCUT2D eigenvalue weighted by Crippen LogP contribution is -2.11. The lowest BCUT2D eigenvalue weighted by Gasteiger charge is -2.12. The van der Waals surface area contributed by atoms with Gasteiger partial charge in [-0.05, 0) is 32.3 Å². The van der Waals surface area contributed by atoms with Gasteiger partial charge in [-0.2, -0.15) is 9.97 Å². The topological polar surface area (TPSA) is 76.6 Å². The zero-order valence-corrected chi connectivity index (χ0v) is 14.5. The number of anilines is 2. The molecule has 1 N–H and O–H groups in total. The first-order valence-electron chi connectivity index (χ1n) is 7.97. The maximum Gasteiger partial charge on any atom is 0.303 e. The molecule has 0 bridgehead atoms. The highest BCUT2D eigenvalue weighted by Crippen LogP contribution is 2.30. The summed E-state index contributed by atoms with van der Waals surface area (Å²) in [4.78, 5) is 10.6. The maximum absolute atomic E-state index is 13.3. The van der Waals surface area contributed by atoms with Crippen LogP contribution in [-0.4, -0.2) is 36.1 Å². The lowest BCUT2D eigenvalue weighted by atomic mass is 10.1. The van der Waals surface area contributed by atoms with Crippen LogP contribution in [0.3, 0.4) is 0 Å². The van der Waals surface area contributed by atoms with E-state index in [1.807, 2.05) is 25.1 Å². The lowest BCUT2D eigenvalue weighted by molar-refractivity contribution is 0.372. The highest BCUT2D eigenvalue weighted by atomic mass is 19.1. The van der Waals surface area contributed by atoms with Crippen LogP contribution in [0, 0.1) is 5.82 Å². The second kappa shape index (κ2) is 6.30. The van der Waals surface area contributed by atoms with Gasteiger partial charge in [0.2, 0.25) is 0 Å². The number of halogens is 1. The average Bonchev–Trinajstić information content (AvgIpc) is 3.15. The monoisotopic (exact) mass is 356 g/mol. The Morgan fingerprint density at radius 2 is 1.73 bits per heavy atom. The third kappa shape index (κ3) is 3.06. The number of fused-ring (bicyclic) bond motifs is 2. The molecule has 0 radical (unpaired) electrons. The molecule has 0 aliphatic carbocycles. The van der Waals surface area contributed by atoms with E-state index in [-0.39, 0.29) is 17.8 Å². The van der Waals surface area contributed by atoms with Crippen molar-refractivity contribution in [1.82, 2.24) is 14.9 Å². The Labute approximate surface area is 148 Å². The van der Waals surface area contributed by atoms with Crippen molar-refractivity contribution in [3.05, 3.63) is 41.7 Å². The van der Waals surface area contributed by atoms with Gasteiger partial charge in [0.15, 0.2) is 11.2 Å². The van der Waals surface area contributed by atoms with Gasteiger partial charge in [0, 0.05) is 24.2 Å². The van der Waals surface area contributed by atoms with Crippen molar-refractivity contribution in [3.63, 3.8) is 0 Å². The van der Waals surface area contributed by atoms with Crippen LogP contribution in [0.25, 0.3) is 22.2 Å². The number of aromatic nitrogens is 2. The summed E-state index contributed by atoms with van der Waals surface area (Å²) < 4.78 is 29.9. The highest BCUT2D eigenvalue weighted by molar-refractivity contribution is 5.79. The first-order valence-corrected chi connectivity index (χ1v) is 7.97. The summed E-state index contributed by atoms with van der Waals surface area (Å²) in [7, 11) is 5.58. The summed E-state index contributed by atoms with van der Waals surface area (Å²) in [6.07, 6.45) is 0. The normalized spacial score (nSPS) is 11.6. The number of nitrogens with zero attached hydrogens (tertiary/aromatic N) is 3. The zero-order chi connectivity index (χ0) is 18.3. The van der Waals surface area contributed by atoms with Crippen molar-refractivity contribution in [2.45, 2.75) is 6.54 Å². The van der Waals surface area contributed by atoms with Gasteiger partial charge in [-0.15, -0.1) is 0 Å². The summed E-state index contributed by atoms with van der Waals surface area (Å²) in [5.74, 6) is 0.353. The fourth-order valence-corrected chi connectivity index (χ4v) is 2.75. The fourth-order valence-electron chi connectivity index (χ4n) is 2.75. The Balaban J connectivity index is 1.67. The molecule has 0 saturated heterocycles. The second-order valence-corrected chi connectivity index (χ2v) is 6.14. The minimum atomic E-state index is -0.375. The number of rotatable bonds is 5. The van der Waals surface area contributed by atoms with Crippen molar-refractivity contribution in [2.75, 3.05) is 26.5 Å². The second-order valence-electron chi connectivity index (χ2n) is 6.14. The highest BCUT2D eigenvalue weighted by Gasteiger charge is 2.14. The van der Waals surface area contributed by atoms with Crippen LogP contribution in [0.5, 0.6) is 5.75 Å². The molecule has 7 nitrogen and oxygen atoms in total. The van der Waals surface area contributed by atoms with Crippen molar-refractivity contribution in [3.8, 4) is 5.75 Å². The third-order valence-electron chi connectivity index (χ3n) is 3.84. The summed E-state index contributed by atoms with van der Waals surface area (Å²) in [6, 6.07) is 8.27. The summed E-state index contributed by atoms with van der Waals surface area (Å²) in [5, 5.41) is 2.87. The third-order valence-corrected chi connectivity index (χ3v) is 3.84. The van der Waals surface area contributed by atoms with E-state index in [4.69, 9.17) is 13.6 Å². The van der Waals surface area contributed by atoms with Gasteiger partial charge < -0.3 is 18.5 Å². The van der Waals surface area contributed by atoms with E-state index in [1.165, 1.54) is 18.2 Å².